The molecular weight excluding hydrogens is 512 g/mol. The summed E-state index contributed by atoms with van der Waals surface area (Å²) in [6, 6.07) is 46.9. The van der Waals surface area contributed by atoms with Gasteiger partial charge in [-0.15, -0.1) is 10.2 Å². The monoisotopic (exact) mass is 540 g/mol. The van der Waals surface area contributed by atoms with Crippen LogP contribution in [-0.2, 0) is 6.42 Å². The van der Waals surface area contributed by atoms with Crippen LogP contribution in [0.15, 0.2) is 140 Å². The quantitative estimate of drug-likeness (QED) is 0.218. The Balaban J connectivity index is 1.39. The van der Waals surface area contributed by atoms with E-state index in [0.717, 1.165) is 52.5 Å². The maximum atomic E-state index is 4.92. The molecule has 2 heterocycles. The molecule has 1 aliphatic carbocycles. The third kappa shape index (κ3) is 4.08. The lowest BCUT2D eigenvalue weighted by atomic mass is 10.0. The van der Waals surface area contributed by atoms with Gasteiger partial charge in [0.25, 0.3) is 0 Å². The smallest absolute Gasteiger partial charge is 0.241 e. The third-order valence-electron chi connectivity index (χ3n) is 8.14. The van der Waals surface area contributed by atoms with E-state index in [0.29, 0.717) is 0 Å². The number of nitrogens with zero attached hydrogens (tertiary/aromatic N) is 4. The van der Waals surface area contributed by atoms with Crippen LogP contribution in [0.25, 0.3) is 62.3 Å². The van der Waals surface area contributed by atoms with Crippen molar-refractivity contribution in [1.29, 1.82) is 0 Å². The van der Waals surface area contributed by atoms with E-state index in [1.165, 1.54) is 27.8 Å². The molecule has 42 heavy (non-hydrogen) atoms. The number of aryl methyl sites for hydroxylation is 1. The molecule has 0 unspecified atom stereocenters. The Kier molecular flexibility index (Phi) is 5.89. The molecule has 0 saturated carbocycles. The normalized spacial score (nSPS) is 12.5. The third-order valence-corrected chi connectivity index (χ3v) is 8.14. The first-order valence-corrected chi connectivity index (χ1v) is 14.4. The number of aromatic nitrogens is 4. The van der Waals surface area contributed by atoms with Crippen molar-refractivity contribution >= 4 is 17.0 Å². The van der Waals surface area contributed by atoms with E-state index in [9.17, 15) is 0 Å². The van der Waals surface area contributed by atoms with Gasteiger partial charge in [0.05, 0.1) is 16.9 Å². The molecule has 1 aliphatic rings. The van der Waals surface area contributed by atoms with Crippen LogP contribution in [0.4, 0.5) is 0 Å². The summed E-state index contributed by atoms with van der Waals surface area (Å²) in [5.41, 5.74) is 10.4. The van der Waals surface area contributed by atoms with Gasteiger partial charge < -0.3 is 0 Å². The SMILES string of the molecule is C1=Cc2c(c3ccccc3n2-c2nnc(-c3cccc(-c4ccccc4)c3)n2-c2cccc(-c3ccccc3)c2)CC1. The highest BCUT2D eigenvalue weighted by molar-refractivity contribution is 5.90. The van der Waals surface area contributed by atoms with Crippen molar-refractivity contribution in [3.05, 3.63) is 151 Å². The fourth-order valence-corrected chi connectivity index (χ4v) is 6.17. The van der Waals surface area contributed by atoms with Gasteiger partial charge in [0.2, 0.25) is 5.95 Å². The van der Waals surface area contributed by atoms with Crippen molar-refractivity contribution in [2.45, 2.75) is 12.8 Å². The molecule has 200 valence electrons. The predicted octanol–water partition coefficient (Wildman–Crippen LogP) is 9.17. The van der Waals surface area contributed by atoms with E-state index in [1.807, 2.05) is 6.07 Å². The van der Waals surface area contributed by atoms with E-state index in [4.69, 9.17) is 10.2 Å². The molecule has 4 heteroatoms. The molecule has 0 amide bonds. The molecule has 0 N–H and O–H groups in total. The number of hydrogen-bond acceptors (Lipinski definition) is 2. The zero-order valence-electron chi connectivity index (χ0n) is 23.1. The summed E-state index contributed by atoms with van der Waals surface area (Å²) < 4.78 is 4.50. The van der Waals surface area contributed by atoms with Gasteiger partial charge in [-0.1, -0.05) is 115 Å². The van der Waals surface area contributed by atoms with Crippen LogP contribution in [0.3, 0.4) is 0 Å². The van der Waals surface area contributed by atoms with Gasteiger partial charge in [-0.25, -0.2) is 0 Å². The van der Waals surface area contributed by atoms with Crippen LogP contribution in [0, 0.1) is 0 Å². The van der Waals surface area contributed by atoms with Crippen molar-refractivity contribution in [2.24, 2.45) is 0 Å². The second kappa shape index (κ2) is 10.2. The summed E-state index contributed by atoms with van der Waals surface area (Å²) in [7, 11) is 0. The summed E-state index contributed by atoms with van der Waals surface area (Å²) >= 11 is 0. The first-order chi connectivity index (χ1) is 20.8. The van der Waals surface area contributed by atoms with Crippen LogP contribution in [0.2, 0.25) is 0 Å². The summed E-state index contributed by atoms with van der Waals surface area (Å²) in [6.07, 6.45) is 6.57. The van der Waals surface area contributed by atoms with Gasteiger partial charge in [0.15, 0.2) is 5.82 Å². The van der Waals surface area contributed by atoms with E-state index in [-0.39, 0.29) is 0 Å². The van der Waals surface area contributed by atoms with Crippen molar-refractivity contribution in [3.63, 3.8) is 0 Å². The molecule has 7 aromatic rings. The second-order valence-electron chi connectivity index (χ2n) is 10.7. The zero-order chi connectivity index (χ0) is 27.9. The number of allylic oxidation sites excluding steroid dienone is 1. The molecular formula is C38H28N4. The molecule has 0 atom stereocenters. The standard InChI is InChI=1S/C38H28N4/c1-3-13-27(14-4-1)29-17-11-19-31(25-29)37-39-40-38(41(37)32-20-12-18-30(26-32)28-15-5-2-6-16-28)42-35-23-9-7-21-33(35)34-22-8-10-24-36(34)42/h1-7,9-21,23-26H,8,22H2. The number of benzene rings is 5. The van der Waals surface area contributed by atoms with Gasteiger partial charge in [0.1, 0.15) is 0 Å². The molecule has 4 nitrogen and oxygen atoms in total. The fourth-order valence-electron chi connectivity index (χ4n) is 6.17. The van der Waals surface area contributed by atoms with E-state index in [1.54, 1.807) is 0 Å². The predicted molar refractivity (Wildman–Crippen MR) is 172 cm³/mol. The zero-order valence-corrected chi connectivity index (χ0v) is 23.1. The van der Waals surface area contributed by atoms with Crippen molar-refractivity contribution in [1.82, 2.24) is 19.3 Å². The van der Waals surface area contributed by atoms with E-state index in [2.05, 4.69) is 149 Å². The Morgan fingerprint density at radius 1 is 0.524 bits per heavy atom. The second-order valence-corrected chi connectivity index (χ2v) is 10.7. The average molecular weight is 541 g/mol. The molecule has 0 aliphatic heterocycles. The molecule has 0 bridgehead atoms. The van der Waals surface area contributed by atoms with Gasteiger partial charge in [-0.3, -0.25) is 9.13 Å². The van der Waals surface area contributed by atoms with Crippen LogP contribution in [0.5, 0.6) is 0 Å². The van der Waals surface area contributed by atoms with Gasteiger partial charge in [0, 0.05) is 10.9 Å². The Labute approximate surface area is 244 Å². The number of para-hydroxylation sites is 1. The minimum atomic E-state index is 0.782. The maximum absolute atomic E-state index is 4.92. The van der Waals surface area contributed by atoms with Crippen LogP contribution in [0.1, 0.15) is 17.7 Å². The van der Waals surface area contributed by atoms with Gasteiger partial charge in [-0.2, -0.15) is 0 Å². The summed E-state index contributed by atoms with van der Waals surface area (Å²) in [4.78, 5) is 0. The number of fused-ring (bicyclic) bond motifs is 3. The molecule has 0 radical (unpaired) electrons. The largest absolute Gasteiger partial charge is 0.278 e. The molecule has 5 aromatic carbocycles. The fraction of sp³-hybridized carbons (Fsp3) is 0.0526. The topological polar surface area (TPSA) is 35.6 Å². The Morgan fingerprint density at radius 3 is 1.95 bits per heavy atom. The van der Waals surface area contributed by atoms with Crippen LogP contribution in [-0.4, -0.2) is 19.3 Å². The highest BCUT2D eigenvalue weighted by Crippen LogP contribution is 2.36. The summed E-state index contributed by atoms with van der Waals surface area (Å²) in [5.74, 6) is 1.59. The van der Waals surface area contributed by atoms with E-state index < -0.39 is 0 Å². The minimum absolute atomic E-state index is 0.782. The van der Waals surface area contributed by atoms with E-state index >= 15 is 0 Å². The lowest BCUT2D eigenvalue weighted by molar-refractivity contribution is 0.886. The molecule has 0 saturated heterocycles. The molecule has 0 spiro atoms. The number of hydrogen-bond donors (Lipinski definition) is 0. The van der Waals surface area contributed by atoms with Crippen molar-refractivity contribution < 1.29 is 0 Å². The molecule has 8 rings (SSSR count). The first kappa shape index (κ1) is 24.3. The average Bonchev–Trinajstić information content (AvgIpc) is 3.65. The van der Waals surface area contributed by atoms with Gasteiger partial charge in [-0.05, 0) is 71.0 Å². The van der Waals surface area contributed by atoms with Crippen LogP contribution >= 0.6 is 0 Å². The summed E-state index contributed by atoms with van der Waals surface area (Å²) in [6.45, 7) is 0. The lowest BCUT2D eigenvalue weighted by Crippen LogP contribution is -2.09. The van der Waals surface area contributed by atoms with Crippen molar-refractivity contribution in [2.75, 3.05) is 0 Å². The minimum Gasteiger partial charge on any atom is -0.278 e. The lowest BCUT2D eigenvalue weighted by Gasteiger charge is -2.16. The highest BCUT2D eigenvalue weighted by atomic mass is 15.4. The van der Waals surface area contributed by atoms with Gasteiger partial charge >= 0.3 is 0 Å². The Morgan fingerprint density at radius 2 is 1.17 bits per heavy atom. The number of rotatable bonds is 5. The molecule has 2 aromatic heterocycles. The maximum Gasteiger partial charge on any atom is 0.241 e. The van der Waals surface area contributed by atoms with Crippen LogP contribution < -0.4 is 0 Å². The highest BCUT2D eigenvalue weighted by Gasteiger charge is 2.24. The Bertz CT molecular complexity index is 2080. The van der Waals surface area contributed by atoms with Crippen molar-refractivity contribution in [3.8, 4) is 45.3 Å². The molecule has 0 fully saturated rings. The summed E-state index contributed by atoms with van der Waals surface area (Å²) in [5, 5.41) is 11.1. The first-order valence-electron chi connectivity index (χ1n) is 14.4. The Hall–Kier alpha value is -5.48.